The van der Waals surface area contributed by atoms with Crippen LogP contribution in [0.1, 0.15) is 13.3 Å². The van der Waals surface area contributed by atoms with E-state index in [1.807, 2.05) is 11.8 Å². The highest BCUT2D eigenvalue weighted by atomic mass is 32.2. The molecule has 1 saturated heterocycles. The summed E-state index contributed by atoms with van der Waals surface area (Å²) in [5, 5.41) is 0.781. The average molecular weight is 132 g/mol. The first-order chi connectivity index (χ1) is 3.93. The quantitative estimate of drug-likeness (QED) is 0.535. The van der Waals surface area contributed by atoms with Gasteiger partial charge in [0.2, 0.25) is 0 Å². The van der Waals surface area contributed by atoms with E-state index in [0.717, 1.165) is 18.5 Å². The molecule has 1 atom stereocenters. The molecule has 0 spiro atoms. The van der Waals surface area contributed by atoms with Gasteiger partial charge in [-0.1, -0.05) is 6.92 Å². The number of hydrogen-bond acceptors (Lipinski definition) is 2. The van der Waals surface area contributed by atoms with E-state index in [2.05, 4.69) is 6.92 Å². The van der Waals surface area contributed by atoms with E-state index in [1.54, 1.807) is 0 Å². The van der Waals surface area contributed by atoms with Crippen LogP contribution in [0.25, 0.3) is 0 Å². The zero-order valence-corrected chi connectivity index (χ0v) is 6.04. The summed E-state index contributed by atoms with van der Waals surface area (Å²) in [7, 11) is 0. The number of ether oxygens (including phenoxy) is 1. The molecule has 0 radical (unpaired) electrons. The van der Waals surface area contributed by atoms with Crippen LogP contribution in [0.2, 0.25) is 0 Å². The molecule has 1 aliphatic heterocycles. The highest BCUT2D eigenvalue weighted by Crippen LogP contribution is 2.18. The van der Waals surface area contributed by atoms with E-state index >= 15 is 0 Å². The van der Waals surface area contributed by atoms with Crippen LogP contribution in [0.3, 0.4) is 0 Å². The Morgan fingerprint density at radius 2 is 2.62 bits per heavy atom. The van der Waals surface area contributed by atoms with Crippen LogP contribution in [0.5, 0.6) is 0 Å². The molecule has 0 amide bonds. The molecule has 1 rings (SSSR count). The molecule has 0 aromatic carbocycles. The Morgan fingerprint density at radius 1 is 1.75 bits per heavy atom. The Hall–Kier alpha value is 0.310. The van der Waals surface area contributed by atoms with Gasteiger partial charge < -0.3 is 4.74 Å². The molecular weight excluding hydrogens is 120 g/mol. The van der Waals surface area contributed by atoms with Crippen LogP contribution >= 0.6 is 11.8 Å². The summed E-state index contributed by atoms with van der Waals surface area (Å²) in [6.07, 6.45) is 1.25. The number of thioether (sulfide) groups is 1. The molecule has 8 heavy (non-hydrogen) atoms. The largest absolute Gasteiger partial charge is 0.379 e. The van der Waals surface area contributed by atoms with Crippen molar-refractivity contribution in [3.63, 3.8) is 0 Å². The van der Waals surface area contributed by atoms with E-state index in [-0.39, 0.29) is 0 Å². The molecule has 0 N–H and O–H groups in total. The normalized spacial score (nSPS) is 30.4. The summed E-state index contributed by atoms with van der Waals surface area (Å²) < 4.78 is 5.25. The van der Waals surface area contributed by atoms with Crippen LogP contribution in [-0.4, -0.2) is 24.2 Å². The first-order valence-corrected chi connectivity index (χ1v) is 4.17. The molecule has 2 heteroatoms. The van der Waals surface area contributed by atoms with Gasteiger partial charge in [0.05, 0.1) is 13.2 Å². The second-order valence-electron chi connectivity index (χ2n) is 1.98. The number of hydrogen-bond donors (Lipinski definition) is 0. The smallest absolute Gasteiger partial charge is 0.0585 e. The van der Waals surface area contributed by atoms with Crippen molar-refractivity contribution < 1.29 is 4.74 Å². The van der Waals surface area contributed by atoms with Crippen LogP contribution in [-0.2, 0) is 4.74 Å². The predicted molar refractivity (Wildman–Crippen MR) is 37.4 cm³/mol. The molecule has 1 unspecified atom stereocenters. The monoisotopic (exact) mass is 132 g/mol. The van der Waals surface area contributed by atoms with Crippen molar-refractivity contribution in [2.45, 2.75) is 18.6 Å². The third-order valence-corrected chi connectivity index (χ3v) is 2.68. The van der Waals surface area contributed by atoms with E-state index in [9.17, 15) is 0 Å². The molecule has 1 heterocycles. The highest BCUT2D eigenvalue weighted by Gasteiger charge is 2.10. The Balaban J connectivity index is 2.13. The standard InChI is InChI=1S/C6H12OS/c1-2-6-5-7-3-4-8-6/h6H,2-5H2,1H3. The molecule has 1 fully saturated rings. The zero-order chi connectivity index (χ0) is 5.82. The van der Waals surface area contributed by atoms with Gasteiger partial charge in [0.25, 0.3) is 0 Å². The van der Waals surface area contributed by atoms with Gasteiger partial charge in [0.15, 0.2) is 0 Å². The second-order valence-corrected chi connectivity index (χ2v) is 3.38. The van der Waals surface area contributed by atoms with Crippen molar-refractivity contribution in [1.82, 2.24) is 0 Å². The van der Waals surface area contributed by atoms with Gasteiger partial charge in [-0.05, 0) is 6.42 Å². The Morgan fingerprint density at radius 3 is 3.00 bits per heavy atom. The maximum absolute atomic E-state index is 5.25. The van der Waals surface area contributed by atoms with Gasteiger partial charge in [-0.3, -0.25) is 0 Å². The number of rotatable bonds is 1. The van der Waals surface area contributed by atoms with Crippen LogP contribution < -0.4 is 0 Å². The molecular formula is C6H12OS. The first kappa shape index (κ1) is 6.43. The van der Waals surface area contributed by atoms with E-state index in [1.165, 1.54) is 12.2 Å². The Kier molecular flexibility index (Phi) is 2.70. The topological polar surface area (TPSA) is 9.23 Å². The fourth-order valence-corrected chi connectivity index (χ4v) is 1.75. The molecule has 0 aromatic heterocycles. The van der Waals surface area contributed by atoms with Crippen molar-refractivity contribution >= 4 is 11.8 Å². The minimum absolute atomic E-state index is 0.781. The van der Waals surface area contributed by atoms with Crippen molar-refractivity contribution in [2.24, 2.45) is 0 Å². The highest BCUT2D eigenvalue weighted by molar-refractivity contribution is 8.00. The second kappa shape index (κ2) is 3.36. The van der Waals surface area contributed by atoms with Gasteiger partial charge >= 0.3 is 0 Å². The summed E-state index contributed by atoms with van der Waals surface area (Å²) in [5.41, 5.74) is 0. The van der Waals surface area contributed by atoms with Gasteiger partial charge in [0.1, 0.15) is 0 Å². The first-order valence-electron chi connectivity index (χ1n) is 3.13. The molecule has 0 saturated carbocycles. The van der Waals surface area contributed by atoms with E-state index in [4.69, 9.17) is 4.74 Å². The molecule has 1 aliphatic rings. The predicted octanol–water partition coefficient (Wildman–Crippen LogP) is 1.53. The fraction of sp³-hybridized carbons (Fsp3) is 1.00. The van der Waals surface area contributed by atoms with Gasteiger partial charge in [0, 0.05) is 11.0 Å². The maximum Gasteiger partial charge on any atom is 0.0585 e. The van der Waals surface area contributed by atoms with Crippen molar-refractivity contribution in [3.8, 4) is 0 Å². The third kappa shape index (κ3) is 1.67. The van der Waals surface area contributed by atoms with Crippen LogP contribution in [0.15, 0.2) is 0 Å². The fourth-order valence-electron chi connectivity index (χ4n) is 0.772. The minimum Gasteiger partial charge on any atom is -0.379 e. The van der Waals surface area contributed by atoms with Crippen molar-refractivity contribution in [1.29, 1.82) is 0 Å². The van der Waals surface area contributed by atoms with Gasteiger partial charge in [-0.25, -0.2) is 0 Å². The lowest BCUT2D eigenvalue weighted by atomic mass is 10.3. The summed E-state index contributed by atoms with van der Waals surface area (Å²) in [4.78, 5) is 0. The van der Waals surface area contributed by atoms with Gasteiger partial charge in [-0.15, -0.1) is 0 Å². The van der Waals surface area contributed by atoms with Crippen molar-refractivity contribution in [2.75, 3.05) is 19.0 Å². The summed E-state index contributed by atoms with van der Waals surface area (Å²) in [6.45, 7) is 4.15. The van der Waals surface area contributed by atoms with Gasteiger partial charge in [-0.2, -0.15) is 11.8 Å². The molecule has 0 aromatic rings. The van der Waals surface area contributed by atoms with E-state index < -0.39 is 0 Å². The molecule has 0 aliphatic carbocycles. The average Bonchev–Trinajstić information content (AvgIpc) is 1.90. The summed E-state index contributed by atoms with van der Waals surface area (Å²) >= 11 is 2.04. The van der Waals surface area contributed by atoms with E-state index in [0.29, 0.717) is 0 Å². The Labute approximate surface area is 54.8 Å². The molecule has 48 valence electrons. The lowest BCUT2D eigenvalue weighted by molar-refractivity contribution is 0.142. The summed E-state index contributed by atoms with van der Waals surface area (Å²) in [6, 6.07) is 0. The minimum atomic E-state index is 0.781. The van der Waals surface area contributed by atoms with Crippen molar-refractivity contribution in [3.05, 3.63) is 0 Å². The molecule has 1 nitrogen and oxygen atoms in total. The zero-order valence-electron chi connectivity index (χ0n) is 5.22. The third-order valence-electron chi connectivity index (χ3n) is 1.34. The van der Waals surface area contributed by atoms with Crippen LogP contribution in [0.4, 0.5) is 0 Å². The Bertz CT molecular complexity index is 59.5. The lowest BCUT2D eigenvalue weighted by Crippen LogP contribution is -2.19. The molecule has 0 bridgehead atoms. The SMILES string of the molecule is CCC1COCCS1. The summed E-state index contributed by atoms with van der Waals surface area (Å²) in [5.74, 6) is 1.19. The maximum atomic E-state index is 5.25. The van der Waals surface area contributed by atoms with Crippen LogP contribution in [0, 0.1) is 0 Å². The lowest BCUT2D eigenvalue weighted by Gasteiger charge is -2.19.